The van der Waals surface area contributed by atoms with E-state index in [1.807, 2.05) is 54.6 Å². The summed E-state index contributed by atoms with van der Waals surface area (Å²) in [5, 5.41) is 20.2. The summed E-state index contributed by atoms with van der Waals surface area (Å²) in [5.41, 5.74) is 2.30. The Morgan fingerprint density at radius 3 is 2.37 bits per heavy atom. The molecule has 1 aromatic heterocycles. The van der Waals surface area contributed by atoms with Crippen LogP contribution in [0.25, 0.3) is 11.3 Å². The normalized spacial score (nSPS) is 10.8. The lowest BCUT2D eigenvalue weighted by atomic mass is 10.1. The molecule has 0 aliphatic carbocycles. The van der Waals surface area contributed by atoms with Crippen LogP contribution in [-0.4, -0.2) is 21.4 Å². The Morgan fingerprint density at radius 2 is 1.74 bits per heavy atom. The molecule has 27 heavy (non-hydrogen) atoms. The van der Waals surface area contributed by atoms with E-state index in [4.69, 9.17) is 4.74 Å². The number of ether oxygens (including phenoxy) is 1. The smallest absolute Gasteiger partial charge is 0.239 e. The molecular weight excluding hydrogens is 410 g/mol. The van der Waals surface area contributed by atoms with E-state index < -0.39 is 0 Å². The second-order valence-electron chi connectivity index (χ2n) is 6.11. The molecule has 0 saturated carbocycles. The highest BCUT2D eigenvalue weighted by Crippen LogP contribution is 2.32. The minimum atomic E-state index is -0.365. The number of halogens is 1. The van der Waals surface area contributed by atoms with Crippen molar-refractivity contribution < 1.29 is 14.9 Å². The van der Waals surface area contributed by atoms with Crippen LogP contribution in [0.4, 0.5) is 0 Å². The number of aliphatic hydroxyl groups is 1. The number of hydrogen-bond donors (Lipinski definition) is 2. The molecule has 5 nitrogen and oxygen atoms in total. The average molecular weight is 430 g/mol. The first kappa shape index (κ1) is 19.2. The molecule has 0 spiro atoms. The average Bonchev–Trinajstić information content (AvgIpc) is 2.68. The van der Waals surface area contributed by atoms with Gasteiger partial charge >= 0.3 is 0 Å². The van der Waals surface area contributed by atoms with Crippen molar-refractivity contribution in [1.29, 1.82) is 0 Å². The topological polar surface area (TPSA) is 71.7 Å². The summed E-state index contributed by atoms with van der Waals surface area (Å²) in [6.07, 6.45) is 0. The Balaban J connectivity index is 2.08. The van der Waals surface area contributed by atoms with Crippen molar-refractivity contribution in [3.8, 4) is 22.9 Å². The molecule has 0 atom stereocenters. The Kier molecular flexibility index (Phi) is 5.98. The van der Waals surface area contributed by atoms with Crippen LogP contribution >= 0.6 is 15.9 Å². The zero-order valence-electron chi connectivity index (χ0n) is 14.9. The van der Waals surface area contributed by atoms with E-state index in [-0.39, 0.29) is 36.8 Å². The molecule has 6 heteroatoms. The van der Waals surface area contributed by atoms with Gasteiger partial charge in [-0.3, -0.25) is 4.79 Å². The SMILES string of the molecule is Cc1c(-c2ccc(Br)cc2)n(CCO)c(O)c(OCc2ccccc2)c1=O. The first-order valence-electron chi connectivity index (χ1n) is 8.52. The van der Waals surface area contributed by atoms with Gasteiger partial charge in [-0.25, -0.2) is 0 Å². The fourth-order valence-corrected chi connectivity index (χ4v) is 3.23. The summed E-state index contributed by atoms with van der Waals surface area (Å²) >= 11 is 3.39. The molecule has 0 bridgehead atoms. The Morgan fingerprint density at radius 1 is 1.07 bits per heavy atom. The fourth-order valence-electron chi connectivity index (χ4n) is 2.97. The van der Waals surface area contributed by atoms with Gasteiger partial charge in [0.2, 0.25) is 17.1 Å². The number of aromatic nitrogens is 1. The lowest BCUT2D eigenvalue weighted by molar-refractivity contribution is 0.250. The maximum Gasteiger partial charge on any atom is 0.239 e. The first-order chi connectivity index (χ1) is 13.0. The maximum atomic E-state index is 12.9. The van der Waals surface area contributed by atoms with Gasteiger partial charge in [-0.05, 0) is 30.2 Å². The molecule has 0 saturated heterocycles. The molecule has 0 amide bonds. The van der Waals surface area contributed by atoms with Crippen LogP contribution in [0.5, 0.6) is 11.6 Å². The first-order valence-corrected chi connectivity index (χ1v) is 9.32. The molecule has 0 unspecified atom stereocenters. The summed E-state index contributed by atoms with van der Waals surface area (Å²) in [4.78, 5) is 12.9. The number of rotatable bonds is 6. The summed E-state index contributed by atoms with van der Waals surface area (Å²) in [5.74, 6) is -0.390. The van der Waals surface area contributed by atoms with Gasteiger partial charge in [-0.15, -0.1) is 0 Å². The molecule has 0 aliphatic rings. The molecule has 0 aliphatic heterocycles. The van der Waals surface area contributed by atoms with Crippen LogP contribution in [0.15, 0.2) is 63.9 Å². The van der Waals surface area contributed by atoms with Crippen LogP contribution in [0.3, 0.4) is 0 Å². The molecular formula is C21H20BrNO4. The lowest BCUT2D eigenvalue weighted by Crippen LogP contribution is -2.19. The Bertz CT molecular complexity index is 982. The van der Waals surface area contributed by atoms with Gasteiger partial charge in [0.15, 0.2) is 0 Å². The Labute approximate surface area is 165 Å². The van der Waals surface area contributed by atoms with Crippen LogP contribution in [0.2, 0.25) is 0 Å². The predicted octanol–water partition coefficient (Wildman–Crippen LogP) is 3.86. The van der Waals surface area contributed by atoms with E-state index in [0.717, 1.165) is 15.6 Å². The van der Waals surface area contributed by atoms with Crippen molar-refractivity contribution in [2.24, 2.45) is 0 Å². The standard InChI is InChI=1S/C21H20BrNO4/c1-14-18(16-7-9-17(22)10-8-16)23(11-12-24)21(26)20(19(14)25)27-13-15-5-3-2-4-6-15/h2-10,24,26H,11-13H2,1H3. The molecule has 2 aromatic carbocycles. The molecule has 0 radical (unpaired) electrons. The van der Waals surface area contributed by atoms with E-state index in [1.165, 1.54) is 4.57 Å². The molecule has 3 aromatic rings. The van der Waals surface area contributed by atoms with Gasteiger partial charge in [-0.2, -0.15) is 0 Å². The van der Waals surface area contributed by atoms with Crippen molar-refractivity contribution in [2.45, 2.75) is 20.1 Å². The minimum absolute atomic E-state index is 0.106. The van der Waals surface area contributed by atoms with Crippen LogP contribution in [0.1, 0.15) is 11.1 Å². The fraction of sp³-hybridized carbons (Fsp3) is 0.190. The van der Waals surface area contributed by atoms with Crippen molar-refractivity contribution in [1.82, 2.24) is 4.57 Å². The molecule has 3 rings (SSSR count). The molecule has 140 valence electrons. The zero-order valence-corrected chi connectivity index (χ0v) is 16.4. The molecule has 0 fully saturated rings. The third kappa shape index (κ3) is 4.07. The summed E-state index contributed by atoms with van der Waals surface area (Å²) in [7, 11) is 0. The second kappa shape index (κ2) is 8.41. The van der Waals surface area contributed by atoms with E-state index in [9.17, 15) is 15.0 Å². The van der Waals surface area contributed by atoms with E-state index >= 15 is 0 Å². The van der Waals surface area contributed by atoms with Gasteiger partial charge < -0.3 is 19.5 Å². The minimum Gasteiger partial charge on any atom is -0.492 e. The van der Waals surface area contributed by atoms with Crippen LogP contribution in [0, 0.1) is 6.92 Å². The zero-order chi connectivity index (χ0) is 19.4. The van der Waals surface area contributed by atoms with Gasteiger partial charge in [-0.1, -0.05) is 58.4 Å². The van der Waals surface area contributed by atoms with Gasteiger partial charge in [0, 0.05) is 16.6 Å². The highest BCUT2D eigenvalue weighted by atomic mass is 79.9. The van der Waals surface area contributed by atoms with Gasteiger partial charge in [0.1, 0.15) is 6.61 Å². The number of aromatic hydroxyl groups is 1. The summed E-state index contributed by atoms with van der Waals surface area (Å²) in [6, 6.07) is 16.8. The molecule has 2 N–H and O–H groups in total. The maximum absolute atomic E-state index is 12.9. The number of pyridine rings is 1. The van der Waals surface area contributed by atoms with Gasteiger partial charge in [0.05, 0.1) is 12.3 Å². The van der Waals surface area contributed by atoms with Crippen LogP contribution < -0.4 is 10.2 Å². The van der Waals surface area contributed by atoms with Crippen molar-refractivity contribution in [2.75, 3.05) is 6.61 Å². The third-order valence-corrected chi connectivity index (χ3v) is 4.83. The van der Waals surface area contributed by atoms with Crippen molar-refractivity contribution in [3.63, 3.8) is 0 Å². The number of nitrogens with zero attached hydrogens (tertiary/aromatic N) is 1. The third-order valence-electron chi connectivity index (χ3n) is 4.30. The number of aliphatic hydroxyl groups excluding tert-OH is 1. The number of hydrogen-bond acceptors (Lipinski definition) is 4. The summed E-state index contributed by atoms with van der Waals surface area (Å²) < 4.78 is 8.08. The quantitative estimate of drug-likeness (QED) is 0.623. The van der Waals surface area contributed by atoms with E-state index in [1.54, 1.807) is 6.92 Å². The van der Waals surface area contributed by atoms with Gasteiger partial charge in [0.25, 0.3) is 0 Å². The van der Waals surface area contributed by atoms with Crippen LogP contribution in [-0.2, 0) is 13.2 Å². The lowest BCUT2D eigenvalue weighted by Gasteiger charge is -2.20. The predicted molar refractivity (Wildman–Crippen MR) is 108 cm³/mol. The molecule has 1 heterocycles. The number of benzene rings is 2. The highest BCUT2D eigenvalue weighted by Gasteiger charge is 2.21. The highest BCUT2D eigenvalue weighted by molar-refractivity contribution is 9.10. The van der Waals surface area contributed by atoms with Crippen molar-refractivity contribution in [3.05, 3.63) is 80.4 Å². The summed E-state index contributed by atoms with van der Waals surface area (Å²) in [6.45, 7) is 1.82. The monoisotopic (exact) mass is 429 g/mol. The largest absolute Gasteiger partial charge is 0.492 e. The van der Waals surface area contributed by atoms with E-state index in [0.29, 0.717) is 11.3 Å². The second-order valence-corrected chi connectivity index (χ2v) is 7.03. The Hall–Kier alpha value is -2.57. The van der Waals surface area contributed by atoms with Crippen molar-refractivity contribution >= 4 is 15.9 Å². The van der Waals surface area contributed by atoms with E-state index in [2.05, 4.69) is 15.9 Å².